The molecule has 5 nitrogen and oxygen atoms in total. The minimum Gasteiger partial charge on any atom is -0.206 e. The third kappa shape index (κ3) is 17.4. The normalized spacial score (nSPS) is 17.8. The topological polar surface area (TPSA) is 19.4 Å². The zero-order valence-corrected chi connectivity index (χ0v) is 87.3. The first kappa shape index (κ1) is 89.4. The molecule has 15 aromatic rings. The highest BCUT2D eigenvalue weighted by Gasteiger charge is 2.42. The second-order valence-corrected chi connectivity index (χ2v) is 42.9. The molecule has 10 aromatic carbocycles. The van der Waals surface area contributed by atoms with Crippen LogP contribution in [0.5, 0.6) is 0 Å². The van der Waals surface area contributed by atoms with Gasteiger partial charge >= 0.3 is 0 Å². The number of hydrogen-bond donors (Lipinski definition) is 0. The van der Waals surface area contributed by atoms with Gasteiger partial charge in [0.25, 0.3) is 0 Å². The highest BCUT2D eigenvalue weighted by atomic mass is 19.1. The van der Waals surface area contributed by atoms with Gasteiger partial charge in [0.05, 0.1) is 61.6 Å². The summed E-state index contributed by atoms with van der Waals surface area (Å²) in [4.78, 5) is 0. The molecule has 7 atom stereocenters. The van der Waals surface area contributed by atoms with Crippen LogP contribution >= 0.6 is 0 Å². The van der Waals surface area contributed by atoms with Crippen LogP contribution in [-0.4, -0.2) is 0 Å². The van der Waals surface area contributed by atoms with Crippen LogP contribution in [0.25, 0.3) is 110 Å². The maximum atomic E-state index is 14.4. The Balaban J connectivity index is 0.000000121. The van der Waals surface area contributed by atoms with E-state index in [1.165, 1.54) is 203 Å². The van der Waals surface area contributed by atoms with Crippen molar-refractivity contribution in [3.63, 3.8) is 0 Å². The van der Waals surface area contributed by atoms with Gasteiger partial charge in [0.15, 0.2) is 28.5 Å². The Morgan fingerprint density at radius 1 is 0.333 bits per heavy atom. The summed E-state index contributed by atoms with van der Waals surface area (Å²) in [6.45, 7) is 52.1. The van der Waals surface area contributed by atoms with Gasteiger partial charge < -0.3 is 0 Å². The van der Waals surface area contributed by atoms with E-state index in [2.05, 4.69) is 329 Å². The Bertz CT molecular complexity index is 7550. The lowest BCUT2D eigenvalue weighted by Crippen LogP contribution is -2.38. The molecule has 0 radical (unpaired) electrons. The number of hydrogen-bond acceptors (Lipinski definition) is 0. The summed E-state index contributed by atoms with van der Waals surface area (Å²) in [5.41, 5.74) is 44.1. The monoisotopic (exact) mass is 1800 g/mol. The lowest BCUT2D eigenvalue weighted by Gasteiger charge is -2.38. The van der Waals surface area contributed by atoms with E-state index in [4.69, 9.17) is 6.85 Å². The SMILES string of the molecule is [2H]c1c(C)[n+](C)c(-c2cc(C)c(F)c(C)c2C)c2ccc(C(C)CC)cc12.[2H]c1c(C)[n+](C)c(-c2cc3c(cc2C)C2CCC3C2)c2ccc(C(C)CC)cc12.[2H]c1c(C)[n+](C)c(-c2cc3c(cc2C)C2CCC3CC2)c2ccc(C(C)CC)cc12.[2H]c1c(C)[n+](C)c(-c2cc3c(cc2C)CCC3)c2ccc(C(C)CC)cc12.[2H]c1c(C)[n+](C)c2c3c(cc(C(C)CC)cc13)C(C)(C)c1cccc(C)c1-2. The van der Waals surface area contributed by atoms with Crippen LogP contribution in [0.3, 0.4) is 0 Å². The smallest absolute Gasteiger partial charge is 0.206 e. The Morgan fingerprint density at radius 2 is 0.667 bits per heavy atom. The summed E-state index contributed by atoms with van der Waals surface area (Å²) >= 11 is 0. The lowest BCUT2D eigenvalue weighted by molar-refractivity contribution is -0.665. The summed E-state index contributed by atoms with van der Waals surface area (Å²) < 4.78 is 69.3. The van der Waals surface area contributed by atoms with Crippen molar-refractivity contribution in [3.8, 4) is 56.3 Å². The highest BCUT2D eigenvalue weighted by Crippen LogP contribution is 2.56. The fourth-order valence-electron chi connectivity index (χ4n) is 24.0. The van der Waals surface area contributed by atoms with E-state index in [9.17, 15) is 4.39 Å². The molecule has 0 spiro atoms. The van der Waals surface area contributed by atoms with Gasteiger partial charge in [-0.2, -0.15) is 22.8 Å². The van der Waals surface area contributed by atoms with Crippen molar-refractivity contribution in [2.75, 3.05) is 0 Å². The average Bonchev–Trinajstić information content (AvgIpc) is 0.795. The molecule has 7 unspecified atom stereocenters. The van der Waals surface area contributed by atoms with E-state index >= 15 is 0 Å². The minimum atomic E-state index is -0.129. The predicted molar refractivity (Wildman–Crippen MR) is 571 cm³/mol. The maximum absolute atomic E-state index is 14.4. The fourth-order valence-corrected chi connectivity index (χ4v) is 24.0. The van der Waals surface area contributed by atoms with Gasteiger partial charge in [0.2, 0.25) is 28.5 Å². The zero-order chi connectivity index (χ0) is 101. The number of rotatable bonds is 14. The molecule has 2 saturated carbocycles. The minimum absolute atomic E-state index is 0.0786. The van der Waals surface area contributed by atoms with Crippen LogP contribution in [0, 0.1) is 88.9 Å². The summed E-state index contributed by atoms with van der Waals surface area (Å²) in [7, 11) is 10.5. The van der Waals surface area contributed by atoms with Crippen molar-refractivity contribution in [3.05, 3.63) is 321 Å². The van der Waals surface area contributed by atoms with E-state index in [1.807, 2.05) is 40.8 Å². The number of pyridine rings is 5. The van der Waals surface area contributed by atoms with Crippen LogP contribution in [0.1, 0.15) is 366 Å². The molecular weight excluding hydrogens is 1640 g/mol. The average molecular weight is 1800 g/mol. The molecule has 2 fully saturated rings. The Labute approximate surface area is 816 Å². The van der Waals surface area contributed by atoms with E-state index in [1.54, 1.807) is 22.3 Å². The third-order valence-corrected chi connectivity index (χ3v) is 34.4. The summed E-state index contributed by atoms with van der Waals surface area (Å²) in [5, 5.41) is 11.3. The maximum Gasteiger partial charge on any atom is 0.221 e. The predicted octanol–water partition coefficient (Wildman–Crippen LogP) is 32.3. The zero-order valence-electron chi connectivity index (χ0n) is 92.3. The largest absolute Gasteiger partial charge is 0.221 e. The third-order valence-electron chi connectivity index (χ3n) is 34.4. The van der Waals surface area contributed by atoms with Crippen LogP contribution in [0.2, 0.25) is 0 Å². The molecule has 135 heavy (non-hydrogen) atoms. The van der Waals surface area contributed by atoms with Gasteiger partial charge in [0.1, 0.15) is 41.1 Å². The van der Waals surface area contributed by atoms with E-state index in [-0.39, 0.29) is 11.2 Å². The number of benzene rings is 10. The molecule has 5 heterocycles. The molecular formula is C129H155FN5+5. The first-order valence-corrected chi connectivity index (χ1v) is 51.6. The molecule has 5 aromatic heterocycles. The van der Waals surface area contributed by atoms with Crippen molar-refractivity contribution in [1.29, 1.82) is 0 Å². The second-order valence-electron chi connectivity index (χ2n) is 42.9. The van der Waals surface area contributed by atoms with Crippen LogP contribution in [0.15, 0.2) is 176 Å². The summed E-state index contributed by atoms with van der Waals surface area (Å²) in [6, 6.07) is 58.2. The Kier molecular flexibility index (Phi) is 25.3. The number of aryl methyl sites for hydroxylation is 7. The van der Waals surface area contributed by atoms with Crippen LogP contribution < -0.4 is 22.8 Å². The van der Waals surface area contributed by atoms with Gasteiger partial charge in [-0.3, -0.25) is 0 Å². The van der Waals surface area contributed by atoms with Crippen LogP contribution in [-0.2, 0) is 53.5 Å². The van der Waals surface area contributed by atoms with Gasteiger partial charge in [-0.1, -0.05) is 180 Å². The molecule has 0 N–H and O–H groups in total. The van der Waals surface area contributed by atoms with E-state index in [0.29, 0.717) is 70.9 Å². The molecule has 6 heteroatoms. The Hall–Kier alpha value is -10.8. The summed E-state index contributed by atoms with van der Waals surface area (Å²) in [5.74, 6) is 5.48. The van der Waals surface area contributed by atoms with Crippen molar-refractivity contribution >= 4 is 53.9 Å². The van der Waals surface area contributed by atoms with E-state index < -0.39 is 0 Å². The van der Waals surface area contributed by atoms with Gasteiger partial charge in [-0.15, -0.1) is 0 Å². The molecule has 22 rings (SSSR count). The molecule has 0 saturated heterocycles. The lowest BCUT2D eigenvalue weighted by atomic mass is 9.66. The number of nitrogens with zero attached hydrogens (tertiary/aromatic N) is 5. The van der Waals surface area contributed by atoms with Crippen molar-refractivity contribution < 1.29 is 34.1 Å². The first-order valence-electron chi connectivity index (χ1n) is 54.1. The molecule has 0 aliphatic heterocycles. The van der Waals surface area contributed by atoms with Crippen molar-refractivity contribution in [2.24, 2.45) is 35.2 Å². The molecule has 0 amide bonds. The molecule has 4 bridgehead atoms. The Morgan fingerprint density at radius 3 is 1.08 bits per heavy atom. The number of fused-ring (bicyclic) bond motifs is 14. The quantitative estimate of drug-likeness (QED) is 0.0967. The van der Waals surface area contributed by atoms with Gasteiger partial charge in [0, 0.05) is 70.2 Å². The van der Waals surface area contributed by atoms with Gasteiger partial charge in [-0.25, -0.2) is 4.39 Å². The van der Waals surface area contributed by atoms with Crippen molar-refractivity contribution in [1.82, 2.24) is 0 Å². The molecule has 698 valence electrons. The van der Waals surface area contributed by atoms with E-state index in [0.717, 1.165) is 133 Å². The van der Waals surface area contributed by atoms with Crippen molar-refractivity contribution in [2.45, 2.75) is 321 Å². The second kappa shape index (κ2) is 38.3. The fraction of sp³-hybridized carbons (Fsp3) is 0.419. The highest BCUT2D eigenvalue weighted by molar-refractivity contribution is 6.02. The number of halogens is 1. The summed E-state index contributed by atoms with van der Waals surface area (Å²) in [6.07, 6.45) is 18.8. The van der Waals surface area contributed by atoms with Gasteiger partial charge in [-0.05, 0) is 385 Å². The standard InChI is InChI=1S/C28H34N.C27H32N.2C25H30N.C24H29FN/c1-6-17(2)22-11-12-24-23(15-22)14-19(4)29(5)28(24)25-16-27-21-9-7-20(8-10-21)26(27)13-18(25)3;1-6-16(2)19-9-10-23-22(13-19)12-18(4)28(5)27(23)24-15-26-21-8-7-20(14-21)25(26)11-17(24)3;1-8-15(2)18-13-19-12-17(4)26(7)24-22-16(3)10-9-11-20(22)25(5,6)21(14-18)23(19)24;1-6-16(2)19-10-11-23-22(14-19)13-18(4)26(5)25(23)24-15-21-9-7-8-20(21)12-17(24)3;1-8-14(2)19-9-10-21-20(13-19)12-16(4)26(7)24(21)22-11-15(3)23(25)18(6)17(22)5/h11-17,20-21H,6-10H2,1-5H3;9-13,15-16,20-21H,6-8,14H2,1-5H3;9-15H,8H2,1-7H3;10-16H,6-9H2,1-5H3;9-14H,8H2,1-7H3/q5*+1/i14D;2*12D;13D;12D. The van der Waals surface area contributed by atoms with Crippen LogP contribution in [0.4, 0.5) is 4.39 Å². The first-order chi connectivity index (χ1) is 66.6. The molecule has 7 aliphatic carbocycles. The molecule has 7 aliphatic rings. The number of aromatic nitrogens is 5.